The quantitative estimate of drug-likeness (QED) is 0.758. The monoisotopic (exact) mass is 251 g/mol. The Hall–Kier alpha value is -1.85. The van der Waals surface area contributed by atoms with Gasteiger partial charge >= 0.3 is 5.97 Å². The van der Waals surface area contributed by atoms with Gasteiger partial charge in [-0.25, -0.2) is 0 Å². The third-order valence-corrected chi connectivity index (χ3v) is 3.20. The van der Waals surface area contributed by atoms with Gasteiger partial charge in [-0.15, -0.1) is 0 Å². The molecule has 2 N–H and O–H groups in total. The molecule has 1 aliphatic rings. The fraction of sp³-hybridized carbons (Fsp3) is 0.583. The first kappa shape index (κ1) is 12.6. The minimum Gasteiger partial charge on any atom is -0.469 e. The van der Waals surface area contributed by atoms with Crippen LogP contribution in [0.5, 0.6) is 0 Å². The summed E-state index contributed by atoms with van der Waals surface area (Å²) in [7, 11) is 1.36. The topological polar surface area (TPSA) is 84.1 Å². The Morgan fingerprint density at radius 2 is 2.33 bits per heavy atom. The van der Waals surface area contributed by atoms with Gasteiger partial charge in [0.05, 0.1) is 25.3 Å². The van der Waals surface area contributed by atoms with E-state index in [1.807, 2.05) is 0 Å². The normalized spacial score (nSPS) is 16.1. The van der Waals surface area contributed by atoms with Gasteiger partial charge in [0, 0.05) is 11.7 Å². The molecule has 1 unspecified atom stereocenters. The third-order valence-electron chi connectivity index (χ3n) is 3.20. The second-order valence-corrected chi connectivity index (χ2v) is 4.61. The molecule has 1 fully saturated rings. The van der Waals surface area contributed by atoms with Gasteiger partial charge < -0.3 is 10.1 Å². The molecule has 1 amide bonds. The molecular weight excluding hydrogens is 234 g/mol. The van der Waals surface area contributed by atoms with E-state index >= 15 is 0 Å². The number of hydrogen-bond donors (Lipinski definition) is 2. The van der Waals surface area contributed by atoms with E-state index < -0.39 is 0 Å². The summed E-state index contributed by atoms with van der Waals surface area (Å²) in [4.78, 5) is 23.3. The van der Waals surface area contributed by atoms with Gasteiger partial charge in [0.2, 0.25) is 0 Å². The number of H-pyrrole nitrogens is 1. The van der Waals surface area contributed by atoms with E-state index in [0.29, 0.717) is 11.5 Å². The molecule has 1 atom stereocenters. The number of carbonyl (C=O) groups is 2. The number of rotatable bonds is 5. The molecule has 0 aromatic carbocycles. The van der Waals surface area contributed by atoms with Gasteiger partial charge in [-0.3, -0.25) is 14.7 Å². The molecule has 1 aromatic rings. The van der Waals surface area contributed by atoms with Gasteiger partial charge in [-0.2, -0.15) is 5.10 Å². The summed E-state index contributed by atoms with van der Waals surface area (Å²) in [6.45, 7) is 1.79. The molecule has 6 nitrogen and oxygen atoms in total. The molecule has 0 spiro atoms. The van der Waals surface area contributed by atoms with Crippen molar-refractivity contribution < 1.29 is 14.3 Å². The first-order chi connectivity index (χ1) is 8.61. The molecular formula is C12H17N3O3. The second kappa shape index (κ2) is 5.20. The number of ether oxygens (including phenoxy) is 1. The van der Waals surface area contributed by atoms with Crippen LogP contribution in [-0.4, -0.2) is 35.2 Å². The highest BCUT2D eigenvalue weighted by Crippen LogP contribution is 2.34. The molecule has 1 saturated carbocycles. The van der Waals surface area contributed by atoms with Crippen LogP contribution in [-0.2, 0) is 9.53 Å². The average molecular weight is 251 g/mol. The lowest BCUT2D eigenvalue weighted by atomic mass is 10.1. The van der Waals surface area contributed by atoms with E-state index in [2.05, 4.69) is 20.3 Å². The van der Waals surface area contributed by atoms with Crippen LogP contribution < -0.4 is 5.32 Å². The maximum Gasteiger partial charge on any atom is 0.307 e. The zero-order valence-electron chi connectivity index (χ0n) is 10.5. The lowest BCUT2D eigenvalue weighted by Gasteiger charge is -2.16. The van der Waals surface area contributed by atoms with Crippen molar-refractivity contribution in [2.24, 2.45) is 5.92 Å². The molecule has 1 heterocycles. The lowest BCUT2D eigenvalue weighted by Crippen LogP contribution is -2.38. The van der Waals surface area contributed by atoms with Crippen molar-refractivity contribution in [2.45, 2.75) is 32.2 Å². The van der Waals surface area contributed by atoms with Crippen LogP contribution in [0.4, 0.5) is 0 Å². The van der Waals surface area contributed by atoms with E-state index in [9.17, 15) is 9.59 Å². The molecule has 1 aliphatic carbocycles. The summed E-state index contributed by atoms with van der Waals surface area (Å²) < 4.78 is 4.65. The van der Waals surface area contributed by atoms with Crippen molar-refractivity contribution in [3.63, 3.8) is 0 Å². The second-order valence-electron chi connectivity index (χ2n) is 4.61. The summed E-state index contributed by atoms with van der Waals surface area (Å²) in [5, 5.41) is 9.41. The molecule has 98 valence electrons. The number of nitrogens with one attached hydrogen (secondary N) is 2. The first-order valence-corrected chi connectivity index (χ1v) is 5.99. The van der Waals surface area contributed by atoms with Gasteiger partial charge in [-0.05, 0) is 25.7 Å². The molecule has 6 heteroatoms. The maximum atomic E-state index is 12.0. The van der Waals surface area contributed by atoms with Crippen LogP contribution in [0.25, 0.3) is 0 Å². The zero-order chi connectivity index (χ0) is 13.1. The van der Waals surface area contributed by atoms with Crippen LogP contribution in [0.3, 0.4) is 0 Å². The van der Waals surface area contributed by atoms with Crippen molar-refractivity contribution >= 4 is 11.9 Å². The SMILES string of the molecule is COC(=O)CC(NC(=O)c1cn[nH]c1C)C1CC1. The Morgan fingerprint density at radius 1 is 1.61 bits per heavy atom. The van der Waals surface area contributed by atoms with Gasteiger partial charge in [-0.1, -0.05) is 0 Å². The Bertz CT molecular complexity index is 451. The first-order valence-electron chi connectivity index (χ1n) is 5.99. The predicted octanol–water partition coefficient (Wildman–Crippen LogP) is 0.790. The summed E-state index contributed by atoms with van der Waals surface area (Å²) in [6, 6.07) is -0.140. The van der Waals surface area contributed by atoms with Crippen LogP contribution >= 0.6 is 0 Å². The minimum atomic E-state index is -0.295. The summed E-state index contributed by atoms with van der Waals surface area (Å²) in [6.07, 6.45) is 3.81. The zero-order valence-corrected chi connectivity index (χ0v) is 10.5. The van der Waals surface area contributed by atoms with Crippen LogP contribution in [0.1, 0.15) is 35.3 Å². The number of methoxy groups -OCH3 is 1. The van der Waals surface area contributed by atoms with E-state index in [1.54, 1.807) is 6.92 Å². The number of aromatic nitrogens is 2. The Kier molecular flexibility index (Phi) is 3.64. The smallest absolute Gasteiger partial charge is 0.307 e. The Labute approximate surface area is 105 Å². The van der Waals surface area contributed by atoms with Crippen molar-refractivity contribution in [1.29, 1.82) is 0 Å². The number of esters is 1. The van der Waals surface area contributed by atoms with Crippen molar-refractivity contribution in [1.82, 2.24) is 15.5 Å². The fourth-order valence-electron chi connectivity index (χ4n) is 1.92. The molecule has 0 aliphatic heterocycles. The number of aryl methyl sites for hydroxylation is 1. The highest BCUT2D eigenvalue weighted by Gasteiger charge is 2.34. The molecule has 2 rings (SSSR count). The predicted molar refractivity (Wildman–Crippen MR) is 63.9 cm³/mol. The summed E-state index contributed by atoms with van der Waals surface area (Å²) >= 11 is 0. The molecule has 0 saturated heterocycles. The largest absolute Gasteiger partial charge is 0.469 e. The van der Waals surface area contributed by atoms with E-state index in [1.165, 1.54) is 13.3 Å². The lowest BCUT2D eigenvalue weighted by molar-refractivity contribution is -0.141. The van der Waals surface area contributed by atoms with E-state index in [4.69, 9.17) is 0 Å². The molecule has 0 radical (unpaired) electrons. The highest BCUT2D eigenvalue weighted by atomic mass is 16.5. The van der Waals surface area contributed by atoms with E-state index in [0.717, 1.165) is 18.5 Å². The van der Waals surface area contributed by atoms with Gasteiger partial charge in [0.1, 0.15) is 0 Å². The van der Waals surface area contributed by atoms with Crippen LogP contribution in [0, 0.1) is 12.8 Å². The third kappa shape index (κ3) is 2.88. The fourth-order valence-corrected chi connectivity index (χ4v) is 1.92. The van der Waals surface area contributed by atoms with Crippen molar-refractivity contribution in [2.75, 3.05) is 7.11 Å². The number of hydrogen-bond acceptors (Lipinski definition) is 4. The highest BCUT2D eigenvalue weighted by molar-refractivity contribution is 5.95. The Morgan fingerprint density at radius 3 is 2.83 bits per heavy atom. The number of amides is 1. The van der Waals surface area contributed by atoms with Crippen molar-refractivity contribution in [3.05, 3.63) is 17.5 Å². The van der Waals surface area contributed by atoms with Crippen molar-refractivity contribution in [3.8, 4) is 0 Å². The molecule has 18 heavy (non-hydrogen) atoms. The summed E-state index contributed by atoms with van der Waals surface area (Å²) in [5.74, 6) is -0.0987. The number of carbonyl (C=O) groups excluding carboxylic acids is 2. The maximum absolute atomic E-state index is 12.0. The molecule has 1 aromatic heterocycles. The average Bonchev–Trinajstić information content (AvgIpc) is 3.10. The minimum absolute atomic E-state index is 0.140. The Balaban J connectivity index is 1.98. The molecule has 0 bridgehead atoms. The van der Waals surface area contributed by atoms with E-state index in [-0.39, 0.29) is 24.3 Å². The van der Waals surface area contributed by atoms with Crippen LogP contribution in [0.15, 0.2) is 6.20 Å². The summed E-state index contributed by atoms with van der Waals surface area (Å²) in [5.41, 5.74) is 1.24. The number of aromatic amines is 1. The van der Waals surface area contributed by atoms with Crippen LogP contribution in [0.2, 0.25) is 0 Å². The van der Waals surface area contributed by atoms with Gasteiger partial charge in [0.15, 0.2) is 0 Å². The standard InChI is InChI=1S/C12H17N3O3/c1-7-9(6-13-15-7)12(17)14-10(8-3-4-8)5-11(16)18-2/h6,8,10H,3-5H2,1-2H3,(H,13,15)(H,14,17). The van der Waals surface area contributed by atoms with Gasteiger partial charge in [0.25, 0.3) is 5.91 Å². The number of nitrogens with zero attached hydrogens (tertiary/aromatic N) is 1.